The zero-order valence-electron chi connectivity index (χ0n) is 36.0. The molecule has 6 aliphatic carbocycles. The van der Waals surface area contributed by atoms with E-state index in [1.807, 2.05) is 34.6 Å². The Kier molecular flexibility index (Phi) is 13.4. The SMILES string of the molecule is CC1=C2C(O)C(=O)[C@@]3(C)C(C(C)C(O)(CC1O)C2(C)C)[C@]1(O)COC1C[C@@H]3C.CC1=C2C(O)C(=O)[C@]3(C)C(O)CC4OC[C@@]4(O)C3C(C)C(O)(CC1O)C2(C)C.[Ac].[Ac]. The fourth-order valence-electron chi connectivity index (χ4n) is 14.3. The fraction of sp³-hybridized carbons (Fsp3) is 0.860. The largest absolute Gasteiger partial charge is 0.392 e. The van der Waals surface area contributed by atoms with E-state index >= 15 is 0 Å². The van der Waals surface area contributed by atoms with Crippen molar-refractivity contribution in [2.45, 2.75) is 167 Å². The molecule has 8 rings (SSSR count). The van der Waals surface area contributed by atoms with E-state index in [0.717, 1.165) is 0 Å². The summed E-state index contributed by atoms with van der Waals surface area (Å²) in [4.78, 5) is 27.4. The van der Waals surface area contributed by atoms with Crippen LogP contribution in [0.3, 0.4) is 0 Å². The Hall–Kier alpha value is 1.26. The maximum absolute atomic E-state index is 13.8. The van der Waals surface area contributed by atoms with Crippen LogP contribution < -0.4 is 0 Å². The molecule has 58 heavy (non-hydrogen) atoms. The third-order valence-corrected chi connectivity index (χ3v) is 18.2. The van der Waals surface area contributed by atoms with E-state index in [0.29, 0.717) is 28.7 Å². The standard InChI is InChI=1S/C22H34O6.C21H32O7.2Ac/c1-10-7-14-21(26,9-28-14)17-12(3)22(27)8-13(23)11(2)15(19(22,4)5)16(24)18(25)20(10,17)6;1-9-11(22)7-21(27)10(2)16-19(5,12(23)6-13-20(16,26)8-28-13)17(25)15(24)14(9)18(21,3)4;;/h10,12-14,16-17,23-24,26-27H,7-9H2,1-6H3;10-13,15-16,22-24,26-27H,6-8H2,1-5H3;;/t10-,12?,13?,14?,16?,17?,20+,21-,22?;10?,11?,12?,13?,15?,16?,19-,20+,21?;;/m01../s1. The van der Waals surface area contributed by atoms with Crippen molar-refractivity contribution < 1.29 is 153 Å². The van der Waals surface area contributed by atoms with Crippen molar-refractivity contribution >= 4 is 11.6 Å². The predicted octanol–water partition coefficient (Wildman–Crippen LogP) is 1.12. The van der Waals surface area contributed by atoms with Gasteiger partial charge in [-0.05, 0) is 67.2 Å². The van der Waals surface area contributed by atoms with Crippen LogP contribution in [0.15, 0.2) is 22.3 Å². The van der Waals surface area contributed by atoms with Crippen molar-refractivity contribution in [3.05, 3.63) is 22.3 Å². The van der Waals surface area contributed by atoms with E-state index < -0.39 is 110 Å². The van der Waals surface area contributed by atoms with Gasteiger partial charge in [-0.1, -0.05) is 55.4 Å². The summed E-state index contributed by atoms with van der Waals surface area (Å²) in [6.45, 7) is 19.8. The third kappa shape index (κ3) is 6.04. The molecule has 0 spiro atoms. The number of hydrogen-bond acceptors (Lipinski definition) is 13. The Bertz CT molecular complexity index is 1660. The number of ether oxygens (including phenoxy) is 2. The van der Waals surface area contributed by atoms with Crippen molar-refractivity contribution in [1.82, 2.24) is 0 Å². The molecule has 2 aliphatic heterocycles. The summed E-state index contributed by atoms with van der Waals surface area (Å²) < 4.78 is 11.1. The predicted molar refractivity (Wildman–Crippen MR) is 201 cm³/mol. The molecule has 18 atom stereocenters. The molecule has 0 amide bonds. The van der Waals surface area contributed by atoms with Crippen LogP contribution in [0.25, 0.3) is 0 Å². The van der Waals surface area contributed by atoms with Gasteiger partial charge in [0.1, 0.15) is 23.4 Å². The molecule has 2 radical (unpaired) electrons. The second-order valence-electron chi connectivity index (χ2n) is 20.8. The molecule has 2 saturated heterocycles. The third-order valence-electron chi connectivity index (χ3n) is 18.2. The first kappa shape index (κ1) is 50.3. The first-order valence-electron chi connectivity index (χ1n) is 20.5. The van der Waals surface area contributed by atoms with Crippen LogP contribution in [-0.2, 0) is 19.1 Å². The van der Waals surface area contributed by atoms with Gasteiger partial charge in [-0.3, -0.25) is 9.59 Å². The van der Waals surface area contributed by atoms with Gasteiger partial charge in [0, 0.05) is 135 Å². The van der Waals surface area contributed by atoms with Crippen molar-refractivity contribution in [3.63, 3.8) is 0 Å². The van der Waals surface area contributed by atoms with Gasteiger partial charge in [0.2, 0.25) is 0 Å². The molecule has 4 bridgehead atoms. The smallest absolute Gasteiger partial charge is 0.174 e. The molecule has 4 saturated carbocycles. The van der Waals surface area contributed by atoms with E-state index in [4.69, 9.17) is 9.47 Å². The van der Waals surface area contributed by atoms with E-state index in [-0.39, 0.29) is 138 Å². The minimum absolute atomic E-state index is 0. The molecule has 0 aromatic carbocycles. The fourth-order valence-corrected chi connectivity index (χ4v) is 14.3. The van der Waals surface area contributed by atoms with Gasteiger partial charge in [0.05, 0.1) is 60.4 Å². The monoisotopic (exact) mass is 1240 g/mol. The number of rotatable bonds is 0. The van der Waals surface area contributed by atoms with Gasteiger partial charge in [0.15, 0.2) is 11.6 Å². The summed E-state index contributed by atoms with van der Waals surface area (Å²) in [5, 5.41) is 102. The van der Waals surface area contributed by atoms with Gasteiger partial charge in [0.25, 0.3) is 0 Å². The van der Waals surface area contributed by atoms with Crippen LogP contribution in [0, 0.1) is 139 Å². The summed E-state index contributed by atoms with van der Waals surface area (Å²) in [5.41, 5.74) is -8.09. The normalized spacial score (nSPS) is 53.7. The zero-order chi connectivity index (χ0) is 42.0. The Morgan fingerprint density at radius 3 is 1.28 bits per heavy atom. The minimum Gasteiger partial charge on any atom is -0.392 e. The number of aliphatic hydroxyl groups excluding tert-OH is 5. The topological polar surface area (TPSA) is 235 Å². The minimum atomic E-state index is -1.58. The van der Waals surface area contributed by atoms with Gasteiger partial charge in [-0.25, -0.2) is 0 Å². The Morgan fingerprint density at radius 1 is 0.569 bits per heavy atom. The maximum atomic E-state index is 13.8. The quantitative estimate of drug-likeness (QED) is 0.155. The average Bonchev–Trinajstić information content (AvgIpc) is 3.10. The van der Waals surface area contributed by atoms with E-state index in [1.165, 1.54) is 0 Å². The molecule has 322 valence electrons. The van der Waals surface area contributed by atoms with Gasteiger partial charge in [-0.2, -0.15) is 0 Å². The molecule has 15 heteroatoms. The van der Waals surface area contributed by atoms with Crippen molar-refractivity contribution in [3.8, 4) is 0 Å². The number of ketones is 2. The summed E-state index contributed by atoms with van der Waals surface area (Å²) in [7, 11) is 0. The van der Waals surface area contributed by atoms with Crippen LogP contribution in [0.4, 0.5) is 0 Å². The van der Waals surface area contributed by atoms with Crippen molar-refractivity contribution in [2.24, 2.45) is 51.2 Å². The maximum Gasteiger partial charge on any atom is 0.174 e. The van der Waals surface area contributed by atoms with Gasteiger partial charge >= 0.3 is 0 Å². The molecule has 13 unspecified atom stereocenters. The molecule has 8 aliphatic rings. The van der Waals surface area contributed by atoms with Crippen LogP contribution in [0.2, 0.25) is 0 Å². The van der Waals surface area contributed by atoms with E-state index in [2.05, 4.69) is 0 Å². The molecule has 0 aromatic heterocycles. The molecule has 0 aromatic rings. The summed E-state index contributed by atoms with van der Waals surface area (Å²) in [6.07, 6.45) is -6.27. The van der Waals surface area contributed by atoms with E-state index in [9.17, 15) is 55.5 Å². The number of hydrogen-bond donors (Lipinski definition) is 9. The second kappa shape index (κ2) is 15.4. The second-order valence-corrected chi connectivity index (χ2v) is 20.8. The number of aliphatic hydroxyl groups is 9. The number of fused-ring (bicyclic) bond motifs is 10. The average molecular weight is 1240 g/mol. The number of carbonyl (C=O) groups excluding carboxylic acids is 2. The van der Waals surface area contributed by atoms with E-state index in [1.54, 1.807) is 41.5 Å². The molecule has 13 nitrogen and oxygen atoms in total. The molecule has 6 fully saturated rings. The van der Waals surface area contributed by atoms with Crippen molar-refractivity contribution in [1.29, 1.82) is 0 Å². The Morgan fingerprint density at radius 2 is 0.914 bits per heavy atom. The van der Waals surface area contributed by atoms with Crippen molar-refractivity contribution in [2.75, 3.05) is 13.2 Å². The first-order chi connectivity index (χ1) is 25.5. The van der Waals surface area contributed by atoms with Gasteiger partial charge in [-0.15, -0.1) is 0 Å². The van der Waals surface area contributed by atoms with Crippen LogP contribution in [0.1, 0.15) is 102 Å². The summed E-state index contributed by atoms with van der Waals surface area (Å²) in [5.74, 6) is -3.57. The number of Topliss-reactive ketones (excluding diaryl/α,β-unsaturated/α-hetero) is 2. The molecular formula is C43H66Ac2O13. The Balaban J connectivity index is 0.000000214. The summed E-state index contributed by atoms with van der Waals surface area (Å²) >= 11 is 0. The molecule has 2 heterocycles. The van der Waals surface area contributed by atoms with Gasteiger partial charge < -0.3 is 55.4 Å². The van der Waals surface area contributed by atoms with Crippen LogP contribution in [0.5, 0.6) is 0 Å². The zero-order valence-corrected chi connectivity index (χ0v) is 45.5. The molecular weight excluding hydrogens is 1180 g/mol. The number of carbonyl (C=O) groups is 2. The van der Waals surface area contributed by atoms with Crippen LogP contribution in [-0.4, -0.2) is 136 Å². The Labute approximate surface area is 413 Å². The first-order valence-corrected chi connectivity index (χ1v) is 20.5. The van der Waals surface area contributed by atoms with Crippen LogP contribution >= 0.6 is 0 Å². The molecule has 9 N–H and O–H groups in total. The summed E-state index contributed by atoms with van der Waals surface area (Å²) in [6, 6.07) is 0.